The summed E-state index contributed by atoms with van der Waals surface area (Å²) >= 11 is 0. The number of hydrogen-bond acceptors (Lipinski definition) is 5. The second-order valence-corrected chi connectivity index (χ2v) is 3.49. The number of ketones is 1. The molecule has 2 N–H and O–H groups in total. The number of rotatable bonds is 6. The third kappa shape index (κ3) is 2.78. The maximum Gasteiger partial charge on any atom is 0.328 e. The van der Waals surface area contributed by atoms with E-state index < -0.39 is 17.8 Å². The molecule has 1 rings (SSSR count). The fraction of sp³-hybridized carbons (Fsp3) is 0.333. The van der Waals surface area contributed by atoms with Crippen molar-refractivity contribution in [2.75, 3.05) is 21.3 Å². The summed E-state index contributed by atoms with van der Waals surface area (Å²) in [5, 5.41) is 11.4. The highest BCUT2D eigenvalue weighted by atomic mass is 16.5. The molecule has 0 fully saturated rings. The Kier molecular flexibility index (Phi) is 4.67. The summed E-state index contributed by atoms with van der Waals surface area (Å²) in [6.45, 7) is 0. The van der Waals surface area contributed by atoms with Gasteiger partial charge in [0.25, 0.3) is 0 Å². The van der Waals surface area contributed by atoms with Gasteiger partial charge in [-0.1, -0.05) is 0 Å². The minimum absolute atomic E-state index is 0.194. The van der Waals surface area contributed by atoms with Crippen LogP contribution in [0, 0.1) is 0 Å². The van der Waals surface area contributed by atoms with Crippen LogP contribution in [0.2, 0.25) is 0 Å². The van der Waals surface area contributed by atoms with Crippen molar-refractivity contribution in [2.24, 2.45) is 0 Å². The number of ether oxygens (including phenoxy) is 2. The molecular weight excluding hydrogens is 238 g/mol. The molecule has 0 spiro atoms. The van der Waals surface area contributed by atoms with Crippen molar-refractivity contribution in [3.05, 3.63) is 23.8 Å². The zero-order chi connectivity index (χ0) is 13.7. The molecule has 0 bridgehead atoms. The quantitative estimate of drug-likeness (QED) is 0.569. The second kappa shape index (κ2) is 6.02. The number of carboxylic acids is 1. The number of carboxylic acid groups (broad SMARTS) is 1. The first-order chi connectivity index (χ1) is 8.54. The van der Waals surface area contributed by atoms with E-state index >= 15 is 0 Å². The highest BCUT2D eigenvalue weighted by Crippen LogP contribution is 2.25. The highest BCUT2D eigenvalue weighted by Gasteiger charge is 2.27. The van der Waals surface area contributed by atoms with Crippen molar-refractivity contribution in [2.45, 2.75) is 6.04 Å². The van der Waals surface area contributed by atoms with Crippen molar-refractivity contribution < 1.29 is 24.2 Å². The lowest BCUT2D eigenvalue weighted by molar-refractivity contribution is -0.137. The van der Waals surface area contributed by atoms with E-state index in [1.165, 1.54) is 33.4 Å². The smallest absolute Gasteiger partial charge is 0.328 e. The van der Waals surface area contributed by atoms with Crippen LogP contribution in [-0.4, -0.2) is 44.2 Å². The number of carbonyl (C=O) groups excluding carboxylic acids is 1. The average Bonchev–Trinajstić information content (AvgIpc) is 2.38. The summed E-state index contributed by atoms with van der Waals surface area (Å²) in [6, 6.07) is 3.28. The SMILES string of the molecule is CNC(C(=O)O)C(=O)c1ccc(OC)cc1OC. The third-order valence-electron chi connectivity index (χ3n) is 2.47. The Hall–Kier alpha value is -2.08. The topological polar surface area (TPSA) is 84.9 Å². The van der Waals surface area contributed by atoms with Gasteiger partial charge in [0.15, 0.2) is 11.8 Å². The Morgan fingerprint density at radius 3 is 2.39 bits per heavy atom. The van der Waals surface area contributed by atoms with Gasteiger partial charge in [-0.3, -0.25) is 9.59 Å². The Morgan fingerprint density at radius 1 is 1.28 bits per heavy atom. The van der Waals surface area contributed by atoms with Gasteiger partial charge >= 0.3 is 5.97 Å². The highest BCUT2D eigenvalue weighted by molar-refractivity contribution is 6.13. The number of Topliss-reactive ketones (excluding diaryl/α,β-unsaturated/α-hetero) is 1. The minimum Gasteiger partial charge on any atom is -0.497 e. The lowest BCUT2D eigenvalue weighted by Gasteiger charge is -2.13. The molecular formula is C12H15NO5. The van der Waals surface area contributed by atoms with Crippen molar-refractivity contribution in [1.82, 2.24) is 5.32 Å². The van der Waals surface area contributed by atoms with Gasteiger partial charge < -0.3 is 19.9 Å². The molecule has 0 saturated carbocycles. The van der Waals surface area contributed by atoms with Crippen LogP contribution in [0.5, 0.6) is 11.5 Å². The lowest BCUT2D eigenvalue weighted by atomic mass is 10.0. The molecule has 1 aromatic rings. The van der Waals surface area contributed by atoms with Gasteiger partial charge in [0, 0.05) is 6.07 Å². The fourth-order valence-corrected chi connectivity index (χ4v) is 1.52. The Morgan fingerprint density at radius 2 is 1.94 bits per heavy atom. The van der Waals surface area contributed by atoms with Gasteiger partial charge in [0.2, 0.25) is 0 Å². The molecule has 0 aliphatic heterocycles. The van der Waals surface area contributed by atoms with Gasteiger partial charge in [-0.2, -0.15) is 0 Å². The number of benzene rings is 1. The molecule has 0 aromatic heterocycles. The largest absolute Gasteiger partial charge is 0.497 e. The van der Waals surface area contributed by atoms with Gasteiger partial charge in [0.05, 0.1) is 19.8 Å². The van der Waals surface area contributed by atoms with Crippen LogP contribution >= 0.6 is 0 Å². The minimum atomic E-state index is -1.30. The summed E-state index contributed by atoms with van der Waals surface area (Å²) < 4.78 is 10.1. The monoisotopic (exact) mass is 253 g/mol. The molecule has 1 unspecified atom stereocenters. The number of methoxy groups -OCH3 is 2. The molecule has 18 heavy (non-hydrogen) atoms. The molecule has 6 nitrogen and oxygen atoms in total. The van der Waals surface area contributed by atoms with Crippen LogP contribution in [0.4, 0.5) is 0 Å². The first kappa shape index (κ1) is 14.0. The second-order valence-electron chi connectivity index (χ2n) is 3.49. The van der Waals surface area contributed by atoms with E-state index in [9.17, 15) is 9.59 Å². The molecule has 6 heteroatoms. The predicted octanol–water partition coefficient (Wildman–Crippen LogP) is 0.559. The summed E-state index contributed by atoms with van der Waals surface area (Å²) in [5.74, 6) is -0.995. The van der Waals surface area contributed by atoms with E-state index in [-0.39, 0.29) is 11.3 Å². The number of likely N-dealkylation sites (N-methyl/N-ethyl adjacent to an activating group) is 1. The standard InChI is InChI=1S/C12H15NO5/c1-13-10(12(15)16)11(14)8-5-4-7(17-2)6-9(8)18-3/h4-6,10,13H,1-3H3,(H,15,16). The summed E-state index contributed by atoms with van der Waals surface area (Å²) in [5.41, 5.74) is 0.194. The first-order valence-electron chi connectivity index (χ1n) is 5.21. The first-order valence-corrected chi connectivity index (χ1v) is 5.21. The Balaban J connectivity index is 3.16. The number of aliphatic carboxylic acids is 1. The molecule has 0 aliphatic carbocycles. The van der Waals surface area contributed by atoms with Crippen LogP contribution in [0.25, 0.3) is 0 Å². The molecule has 0 saturated heterocycles. The van der Waals surface area contributed by atoms with Crippen molar-refractivity contribution in [1.29, 1.82) is 0 Å². The maximum absolute atomic E-state index is 12.0. The zero-order valence-corrected chi connectivity index (χ0v) is 10.4. The van der Waals surface area contributed by atoms with Crippen molar-refractivity contribution >= 4 is 11.8 Å². The van der Waals surface area contributed by atoms with Crippen molar-refractivity contribution in [3.63, 3.8) is 0 Å². The number of hydrogen-bond donors (Lipinski definition) is 2. The van der Waals surface area contributed by atoms with E-state index in [4.69, 9.17) is 14.6 Å². The third-order valence-corrected chi connectivity index (χ3v) is 2.47. The van der Waals surface area contributed by atoms with E-state index in [0.29, 0.717) is 5.75 Å². The van der Waals surface area contributed by atoms with E-state index in [1.807, 2.05) is 0 Å². The Bertz CT molecular complexity index is 458. The summed E-state index contributed by atoms with van der Waals surface area (Å²) in [4.78, 5) is 23.0. The normalized spacial score (nSPS) is 11.7. The Labute approximate surface area is 105 Å². The lowest BCUT2D eigenvalue weighted by Crippen LogP contribution is -2.41. The summed E-state index contributed by atoms with van der Waals surface area (Å²) in [6.07, 6.45) is 0. The molecule has 1 atom stereocenters. The predicted molar refractivity (Wildman–Crippen MR) is 64.4 cm³/mol. The molecule has 0 aliphatic rings. The maximum atomic E-state index is 12.0. The fourth-order valence-electron chi connectivity index (χ4n) is 1.52. The zero-order valence-electron chi connectivity index (χ0n) is 10.4. The van der Waals surface area contributed by atoms with Crippen LogP contribution in [0.15, 0.2) is 18.2 Å². The van der Waals surface area contributed by atoms with E-state index in [2.05, 4.69) is 5.32 Å². The summed E-state index contributed by atoms with van der Waals surface area (Å²) in [7, 11) is 4.30. The molecule has 0 heterocycles. The molecule has 98 valence electrons. The number of carbonyl (C=O) groups is 2. The number of nitrogens with one attached hydrogen (secondary N) is 1. The average molecular weight is 253 g/mol. The van der Waals surface area contributed by atoms with Crippen LogP contribution in [0.3, 0.4) is 0 Å². The van der Waals surface area contributed by atoms with Gasteiger partial charge in [-0.05, 0) is 19.2 Å². The van der Waals surface area contributed by atoms with Gasteiger partial charge in [-0.25, -0.2) is 0 Å². The molecule has 0 radical (unpaired) electrons. The van der Waals surface area contributed by atoms with Gasteiger partial charge in [0.1, 0.15) is 11.5 Å². The van der Waals surface area contributed by atoms with Gasteiger partial charge in [-0.15, -0.1) is 0 Å². The van der Waals surface area contributed by atoms with Crippen LogP contribution in [-0.2, 0) is 4.79 Å². The van der Waals surface area contributed by atoms with E-state index in [1.54, 1.807) is 6.07 Å². The van der Waals surface area contributed by atoms with Crippen molar-refractivity contribution in [3.8, 4) is 11.5 Å². The van der Waals surface area contributed by atoms with Crippen LogP contribution in [0.1, 0.15) is 10.4 Å². The molecule has 1 aromatic carbocycles. The van der Waals surface area contributed by atoms with E-state index in [0.717, 1.165) is 0 Å². The molecule has 0 amide bonds. The van der Waals surface area contributed by atoms with Crippen LogP contribution < -0.4 is 14.8 Å².